The van der Waals surface area contributed by atoms with Crippen molar-refractivity contribution in [1.29, 1.82) is 0 Å². The Bertz CT molecular complexity index is 627. The average molecular weight is 296 g/mol. The van der Waals surface area contributed by atoms with Gasteiger partial charge in [-0.3, -0.25) is 4.79 Å². The molecule has 1 aromatic carbocycles. The van der Waals surface area contributed by atoms with Crippen LogP contribution < -0.4 is 5.32 Å². The Morgan fingerprint density at radius 1 is 1.37 bits per heavy atom. The van der Waals surface area contributed by atoms with Gasteiger partial charge in [0.1, 0.15) is 5.82 Å². The zero-order valence-corrected chi connectivity index (χ0v) is 11.5. The number of hydrogen-bond acceptors (Lipinski definition) is 2. The van der Waals surface area contributed by atoms with Crippen LogP contribution in [0.5, 0.6) is 0 Å². The van der Waals surface area contributed by atoms with E-state index in [0.717, 1.165) is 10.4 Å². The minimum absolute atomic E-state index is 0.0691. The Hall–Kier alpha value is -1.39. The van der Waals surface area contributed by atoms with E-state index in [9.17, 15) is 9.18 Å². The maximum Gasteiger partial charge on any atom is 0.224 e. The number of benzene rings is 1. The molecule has 1 unspecified atom stereocenters. The topological polar surface area (TPSA) is 29.1 Å². The van der Waals surface area contributed by atoms with E-state index in [2.05, 4.69) is 5.32 Å². The summed E-state index contributed by atoms with van der Waals surface area (Å²) < 4.78 is 14.1. The number of hydrogen-bond donors (Lipinski definition) is 1. The maximum absolute atomic E-state index is 14.1. The molecular formula is C14H11ClFNOS. The Kier molecular flexibility index (Phi) is 3.29. The van der Waals surface area contributed by atoms with Crippen LogP contribution in [0.1, 0.15) is 27.8 Å². The molecule has 1 aliphatic heterocycles. The van der Waals surface area contributed by atoms with Crippen LogP contribution >= 0.6 is 22.9 Å². The van der Waals surface area contributed by atoms with Crippen molar-refractivity contribution in [2.24, 2.45) is 0 Å². The first-order valence-electron chi connectivity index (χ1n) is 5.95. The molecule has 1 atom stereocenters. The summed E-state index contributed by atoms with van der Waals surface area (Å²) in [5.41, 5.74) is 1.98. The first-order valence-corrected chi connectivity index (χ1v) is 7.26. The number of thiophene rings is 1. The van der Waals surface area contributed by atoms with Gasteiger partial charge >= 0.3 is 0 Å². The first kappa shape index (κ1) is 12.6. The maximum atomic E-state index is 14.1. The SMILES string of the molecule is O=C1CCc2cc(C(Cl)c3cccs3)c(F)cc2N1. The third kappa shape index (κ3) is 2.38. The van der Waals surface area contributed by atoms with Crippen LogP contribution in [0.15, 0.2) is 29.6 Å². The number of alkyl halides is 1. The molecule has 0 spiro atoms. The second-order valence-corrected chi connectivity index (χ2v) is 5.87. The standard InChI is InChI=1S/C14H11ClFNOS/c15-14(12-2-1-5-19-12)9-6-8-3-4-13(18)17-11(8)7-10(9)16/h1-2,5-7,14H,3-4H2,(H,17,18). The van der Waals surface area contributed by atoms with Crippen LogP contribution in [-0.4, -0.2) is 5.91 Å². The lowest BCUT2D eigenvalue weighted by atomic mass is 9.98. The first-order chi connectivity index (χ1) is 9.15. The highest BCUT2D eigenvalue weighted by atomic mass is 35.5. The van der Waals surface area contributed by atoms with Gasteiger partial charge in [-0.2, -0.15) is 0 Å². The van der Waals surface area contributed by atoms with E-state index in [1.165, 1.54) is 17.4 Å². The van der Waals surface area contributed by atoms with Gasteiger partial charge in [0.2, 0.25) is 5.91 Å². The molecule has 98 valence electrons. The van der Waals surface area contributed by atoms with Crippen LogP contribution in [0.4, 0.5) is 10.1 Å². The number of nitrogens with one attached hydrogen (secondary N) is 1. The molecule has 0 aliphatic carbocycles. The Balaban J connectivity index is 2.01. The highest BCUT2D eigenvalue weighted by Gasteiger charge is 2.22. The van der Waals surface area contributed by atoms with E-state index >= 15 is 0 Å². The van der Waals surface area contributed by atoms with Crippen LogP contribution in [0, 0.1) is 5.82 Å². The number of fused-ring (bicyclic) bond motifs is 1. The molecule has 2 nitrogen and oxygen atoms in total. The minimum atomic E-state index is -0.483. The fourth-order valence-electron chi connectivity index (χ4n) is 2.20. The fourth-order valence-corrected chi connectivity index (χ4v) is 3.32. The largest absolute Gasteiger partial charge is 0.326 e. The van der Waals surface area contributed by atoms with Crippen LogP contribution in [0.3, 0.4) is 0 Å². The molecule has 0 bridgehead atoms. The molecule has 0 fully saturated rings. The molecule has 0 saturated carbocycles. The molecule has 5 heteroatoms. The predicted molar refractivity (Wildman–Crippen MR) is 75.4 cm³/mol. The zero-order valence-electron chi connectivity index (χ0n) is 9.95. The molecule has 0 saturated heterocycles. The number of halogens is 2. The predicted octanol–water partition coefficient (Wildman–Crippen LogP) is 4.10. The molecule has 1 aliphatic rings. The van der Waals surface area contributed by atoms with E-state index < -0.39 is 5.38 Å². The van der Waals surface area contributed by atoms with Gasteiger partial charge in [0.25, 0.3) is 0 Å². The van der Waals surface area contributed by atoms with E-state index in [1.54, 1.807) is 6.07 Å². The van der Waals surface area contributed by atoms with E-state index in [4.69, 9.17) is 11.6 Å². The number of rotatable bonds is 2. The summed E-state index contributed by atoms with van der Waals surface area (Å²) >= 11 is 7.84. The number of carbonyl (C=O) groups is 1. The Morgan fingerprint density at radius 2 is 2.21 bits per heavy atom. The molecule has 2 heterocycles. The monoisotopic (exact) mass is 295 g/mol. The van der Waals surface area contributed by atoms with Crippen molar-refractivity contribution >= 4 is 34.5 Å². The average Bonchev–Trinajstić information content (AvgIpc) is 2.91. The normalized spacial score (nSPS) is 15.8. The zero-order chi connectivity index (χ0) is 13.4. The van der Waals surface area contributed by atoms with Gasteiger partial charge in [0.05, 0.1) is 5.38 Å². The van der Waals surface area contributed by atoms with Gasteiger partial charge < -0.3 is 5.32 Å². The summed E-state index contributed by atoms with van der Waals surface area (Å²) in [6.45, 7) is 0. The van der Waals surface area contributed by atoms with Crippen LogP contribution in [-0.2, 0) is 11.2 Å². The summed E-state index contributed by atoms with van der Waals surface area (Å²) in [4.78, 5) is 12.2. The van der Waals surface area contributed by atoms with Gasteiger partial charge in [-0.25, -0.2) is 4.39 Å². The third-order valence-electron chi connectivity index (χ3n) is 3.18. The fraction of sp³-hybridized carbons (Fsp3) is 0.214. The molecular weight excluding hydrogens is 285 g/mol. The smallest absolute Gasteiger partial charge is 0.224 e. The van der Waals surface area contributed by atoms with Crippen molar-refractivity contribution in [2.75, 3.05) is 5.32 Å². The lowest BCUT2D eigenvalue weighted by Gasteiger charge is -2.19. The van der Waals surface area contributed by atoms with Crippen molar-refractivity contribution < 1.29 is 9.18 Å². The highest BCUT2D eigenvalue weighted by molar-refractivity contribution is 7.10. The van der Waals surface area contributed by atoms with Gasteiger partial charge in [-0.05, 0) is 35.6 Å². The van der Waals surface area contributed by atoms with Crippen molar-refractivity contribution in [3.8, 4) is 0 Å². The second-order valence-electron chi connectivity index (χ2n) is 4.46. The summed E-state index contributed by atoms with van der Waals surface area (Å²) in [5.74, 6) is -0.449. The highest BCUT2D eigenvalue weighted by Crippen LogP contribution is 2.36. The lowest BCUT2D eigenvalue weighted by molar-refractivity contribution is -0.116. The van der Waals surface area contributed by atoms with E-state index in [-0.39, 0.29) is 11.7 Å². The molecule has 2 aromatic rings. The van der Waals surface area contributed by atoms with Gasteiger partial charge in [0, 0.05) is 22.5 Å². The van der Waals surface area contributed by atoms with Crippen LogP contribution in [0.2, 0.25) is 0 Å². The van der Waals surface area contributed by atoms with Crippen molar-refractivity contribution in [1.82, 2.24) is 0 Å². The number of anilines is 1. The molecule has 0 radical (unpaired) electrons. The molecule has 19 heavy (non-hydrogen) atoms. The summed E-state index contributed by atoms with van der Waals surface area (Å²) in [7, 11) is 0. The van der Waals surface area contributed by atoms with Gasteiger partial charge in [0.15, 0.2) is 0 Å². The molecule has 3 rings (SSSR count). The van der Waals surface area contributed by atoms with Gasteiger partial charge in [-0.15, -0.1) is 22.9 Å². The van der Waals surface area contributed by atoms with Crippen molar-refractivity contribution in [3.05, 3.63) is 51.5 Å². The third-order valence-corrected chi connectivity index (χ3v) is 4.72. The molecule has 1 amide bonds. The molecule has 1 aromatic heterocycles. The van der Waals surface area contributed by atoms with E-state index in [1.807, 2.05) is 17.5 Å². The lowest BCUT2D eigenvalue weighted by Crippen LogP contribution is -2.19. The molecule has 1 N–H and O–H groups in total. The number of aryl methyl sites for hydroxylation is 1. The summed E-state index contributed by atoms with van der Waals surface area (Å²) in [6, 6.07) is 6.92. The quantitative estimate of drug-likeness (QED) is 0.830. The second kappa shape index (κ2) is 4.94. The van der Waals surface area contributed by atoms with Crippen molar-refractivity contribution in [3.63, 3.8) is 0 Å². The van der Waals surface area contributed by atoms with E-state index in [0.29, 0.717) is 24.1 Å². The Morgan fingerprint density at radius 3 is 2.95 bits per heavy atom. The number of amides is 1. The number of carbonyl (C=O) groups excluding carboxylic acids is 1. The minimum Gasteiger partial charge on any atom is -0.326 e. The van der Waals surface area contributed by atoms with Crippen molar-refractivity contribution in [2.45, 2.75) is 18.2 Å². The summed E-state index contributed by atoms with van der Waals surface area (Å²) in [5, 5.41) is 4.12. The van der Waals surface area contributed by atoms with Crippen LogP contribution in [0.25, 0.3) is 0 Å². The van der Waals surface area contributed by atoms with Gasteiger partial charge in [-0.1, -0.05) is 6.07 Å². The Labute approximate surface area is 119 Å². The summed E-state index contributed by atoms with van der Waals surface area (Å²) in [6.07, 6.45) is 1.06.